The maximum Gasteiger partial charge on any atom is 0.416 e. The molecule has 1 aromatic carbocycles. The van der Waals surface area contributed by atoms with Crippen LogP contribution in [0.2, 0.25) is 0 Å². The van der Waals surface area contributed by atoms with E-state index in [0.717, 1.165) is 23.7 Å². The van der Waals surface area contributed by atoms with Crippen LogP contribution in [0.1, 0.15) is 40.3 Å². The quantitative estimate of drug-likeness (QED) is 0.371. The molecule has 3 heterocycles. The number of hydrogen-bond donors (Lipinski definition) is 1. The van der Waals surface area contributed by atoms with Crippen LogP contribution in [0.25, 0.3) is 16.7 Å². The monoisotopic (exact) mass is 487 g/mol. The van der Waals surface area contributed by atoms with Crippen molar-refractivity contribution >= 4 is 28.4 Å². The number of benzene rings is 1. The molecule has 1 N–H and O–H groups in total. The van der Waals surface area contributed by atoms with E-state index in [-0.39, 0.29) is 40.2 Å². The first-order chi connectivity index (χ1) is 15.6. The summed E-state index contributed by atoms with van der Waals surface area (Å²) in [6.07, 6.45) is -7.64. The van der Waals surface area contributed by atoms with Crippen molar-refractivity contribution in [2.24, 2.45) is 0 Å². The van der Waals surface area contributed by atoms with E-state index in [1.165, 1.54) is 18.5 Å². The molecule has 0 saturated carbocycles. The molecule has 0 bridgehead atoms. The average molecular weight is 487 g/mol. The van der Waals surface area contributed by atoms with Gasteiger partial charge in [0.25, 0.3) is 6.43 Å². The summed E-state index contributed by atoms with van der Waals surface area (Å²) in [7, 11) is 0. The molecule has 33 heavy (non-hydrogen) atoms. The van der Waals surface area contributed by atoms with Crippen LogP contribution in [-0.2, 0) is 19.4 Å². The van der Waals surface area contributed by atoms with E-state index in [2.05, 4.69) is 30.0 Å². The van der Waals surface area contributed by atoms with E-state index in [1.807, 2.05) is 0 Å². The van der Waals surface area contributed by atoms with Gasteiger partial charge in [-0.1, -0.05) is 4.49 Å². The number of nitrogens with one attached hydrogen (secondary N) is 1. The molecule has 174 valence electrons. The Bertz CT molecular complexity index is 1280. The van der Waals surface area contributed by atoms with Crippen LogP contribution in [0.15, 0.2) is 17.5 Å². The summed E-state index contributed by atoms with van der Waals surface area (Å²) in [6.45, 7) is 1.77. The smallest absolute Gasteiger partial charge is 0.364 e. The van der Waals surface area contributed by atoms with E-state index in [0.29, 0.717) is 5.69 Å². The lowest BCUT2D eigenvalue weighted by Gasteiger charge is -2.17. The second-order valence-corrected chi connectivity index (χ2v) is 7.73. The number of aryl methyl sites for hydroxylation is 2. The first-order valence-electron chi connectivity index (χ1n) is 9.42. The van der Waals surface area contributed by atoms with E-state index in [4.69, 9.17) is 0 Å². The van der Waals surface area contributed by atoms with Gasteiger partial charge in [0.05, 0.1) is 28.9 Å². The van der Waals surface area contributed by atoms with Crippen LogP contribution in [-0.4, -0.2) is 29.3 Å². The molecule has 0 spiro atoms. The molecular formula is C19H15F6N7S. The van der Waals surface area contributed by atoms with Crippen LogP contribution in [0.3, 0.4) is 0 Å². The number of fused-ring (bicyclic) bond motifs is 1. The van der Waals surface area contributed by atoms with Crippen LogP contribution in [0, 0.1) is 13.8 Å². The highest BCUT2D eigenvalue weighted by Gasteiger charge is 2.32. The van der Waals surface area contributed by atoms with E-state index >= 15 is 0 Å². The summed E-state index contributed by atoms with van der Waals surface area (Å²) in [6, 6.07) is 1.88. The largest absolute Gasteiger partial charge is 0.416 e. The molecule has 0 aliphatic carbocycles. The number of anilines is 1. The minimum atomic E-state index is -4.56. The Labute approximate surface area is 186 Å². The SMILES string of the molecule is Cc1cc(C(F)(F)F)cc(C)c1-n1nc2nc(CF)nc(C(F)F)c2c1NCc1csnn1. The highest BCUT2D eigenvalue weighted by Crippen LogP contribution is 2.37. The summed E-state index contributed by atoms with van der Waals surface area (Å²) in [5, 5.41) is 12.5. The zero-order chi connectivity index (χ0) is 23.9. The van der Waals surface area contributed by atoms with Crippen molar-refractivity contribution in [3.63, 3.8) is 0 Å². The molecule has 14 heteroatoms. The van der Waals surface area contributed by atoms with Gasteiger partial charge in [-0.25, -0.2) is 27.8 Å². The van der Waals surface area contributed by atoms with Crippen LogP contribution in [0.5, 0.6) is 0 Å². The van der Waals surface area contributed by atoms with Gasteiger partial charge in [-0.2, -0.15) is 13.2 Å². The van der Waals surface area contributed by atoms with E-state index in [1.54, 1.807) is 5.38 Å². The lowest BCUT2D eigenvalue weighted by Crippen LogP contribution is -2.12. The molecule has 0 amide bonds. The highest BCUT2D eigenvalue weighted by molar-refractivity contribution is 7.03. The number of alkyl halides is 6. The fourth-order valence-corrected chi connectivity index (χ4v) is 3.95. The van der Waals surface area contributed by atoms with Gasteiger partial charge in [-0.15, -0.1) is 10.2 Å². The van der Waals surface area contributed by atoms with Gasteiger partial charge in [0.2, 0.25) is 0 Å². The third kappa shape index (κ3) is 4.34. The Balaban J connectivity index is 1.97. The molecule has 0 fully saturated rings. The van der Waals surface area contributed by atoms with Crippen molar-refractivity contribution in [3.8, 4) is 5.69 Å². The highest BCUT2D eigenvalue weighted by atomic mass is 32.1. The zero-order valence-corrected chi connectivity index (χ0v) is 17.9. The molecule has 7 nitrogen and oxygen atoms in total. The molecule has 4 aromatic rings. The summed E-state index contributed by atoms with van der Waals surface area (Å²) in [5.74, 6) is -0.455. The number of rotatable bonds is 6. The molecule has 0 atom stereocenters. The number of hydrogen-bond acceptors (Lipinski definition) is 7. The molecule has 0 aliphatic rings. The Hall–Kier alpha value is -3.29. The fraction of sp³-hybridized carbons (Fsp3) is 0.316. The van der Waals surface area contributed by atoms with Gasteiger partial charge in [-0.3, -0.25) is 0 Å². The molecule has 0 radical (unpaired) electrons. The summed E-state index contributed by atoms with van der Waals surface area (Å²) >= 11 is 1.09. The van der Waals surface area contributed by atoms with Gasteiger partial charge in [-0.05, 0) is 48.6 Å². The van der Waals surface area contributed by atoms with Crippen molar-refractivity contribution in [1.29, 1.82) is 0 Å². The zero-order valence-electron chi connectivity index (χ0n) is 17.1. The minimum Gasteiger partial charge on any atom is -0.364 e. The van der Waals surface area contributed by atoms with Crippen LogP contribution in [0.4, 0.5) is 32.2 Å². The normalized spacial score (nSPS) is 12.2. The van der Waals surface area contributed by atoms with Crippen LogP contribution < -0.4 is 5.32 Å². The van der Waals surface area contributed by atoms with Gasteiger partial charge in [0, 0.05) is 5.38 Å². The first-order valence-corrected chi connectivity index (χ1v) is 10.3. The topological polar surface area (TPSA) is 81.4 Å². The van der Waals surface area contributed by atoms with E-state index < -0.39 is 36.4 Å². The third-order valence-electron chi connectivity index (χ3n) is 4.81. The Morgan fingerprint density at radius 1 is 1.12 bits per heavy atom. The maximum absolute atomic E-state index is 13.8. The Morgan fingerprint density at radius 2 is 1.82 bits per heavy atom. The van der Waals surface area contributed by atoms with E-state index in [9.17, 15) is 26.3 Å². The van der Waals surface area contributed by atoms with Crippen molar-refractivity contribution in [2.45, 2.75) is 39.7 Å². The number of halogens is 6. The second-order valence-electron chi connectivity index (χ2n) is 7.12. The Morgan fingerprint density at radius 3 is 2.36 bits per heavy atom. The number of nitrogens with zero attached hydrogens (tertiary/aromatic N) is 6. The lowest BCUT2D eigenvalue weighted by molar-refractivity contribution is -0.137. The van der Waals surface area contributed by atoms with Crippen molar-refractivity contribution in [2.75, 3.05) is 5.32 Å². The molecule has 0 aliphatic heterocycles. The fourth-order valence-electron chi connectivity index (χ4n) is 3.49. The van der Waals surface area contributed by atoms with Gasteiger partial charge in [0.1, 0.15) is 18.2 Å². The van der Waals surface area contributed by atoms with Crippen molar-refractivity contribution in [3.05, 3.63) is 51.4 Å². The Kier molecular flexibility index (Phi) is 5.95. The van der Waals surface area contributed by atoms with Gasteiger partial charge < -0.3 is 5.32 Å². The first kappa shape index (κ1) is 22.9. The molecule has 3 aromatic heterocycles. The molecular weight excluding hydrogens is 472 g/mol. The third-order valence-corrected chi connectivity index (χ3v) is 5.36. The maximum atomic E-state index is 13.8. The standard InChI is InChI=1S/C19H15F6N7S/c1-8-3-10(19(23,24)25)4-9(2)15(8)32-18(26-6-11-7-33-31-29-11)13-14(16(21)22)27-12(5-20)28-17(13)30-32/h3-4,7,16,26H,5-6H2,1-2H3. The minimum absolute atomic E-state index is 0.0182. The van der Waals surface area contributed by atoms with Crippen LogP contribution >= 0.6 is 11.5 Å². The number of aromatic nitrogens is 6. The summed E-state index contributed by atoms with van der Waals surface area (Å²) in [4.78, 5) is 7.53. The molecule has 0 unspecified atom stereocenters. The predicted molar refractivity (Wildman–Crippen MR) is 108 cm³/mol. The summed E-state index contributed by atoms with van der Waals surface area (Å²) < 4.78 is 85.5. The second kappa shape index (κ2) is 8.57. The average Bonchev–Trinajstić information content (AvgIpc) is 3.37. The summed E-state index contributed by atoms with van der Waals surface area (Å²) in [5.41, 5.74) is -0.667. The van der Waals surface area contributed by atoms with Crippen molar-refractivity contribution in [1.82, 2.24) is 29.3 Å². The molecule has 4 rings (SSSR count). The molecule has 0 saturated heterocycles. The predicted octanol–water partition coefficient (Wildman–Crippen LogP) is 5.32. The van der Waals surface area contributed by atoms with Gasteiger partial charge >= 0.3 is 6.18 Å². The van der Waals surface area contributed by atoms with Gasteiger partial charge in [0.15, 0.2) is 11.5 Å². The van der Waals surface area contributed by atoms with Crippen molar-refractivity contribution < 1.29 is 26.3 Å². The lowest BCUT2D eigenvalue weighted by atomic mass is 10.0.